The third kappa shape index (κ3) is 24.4. The van der Waals surface area contributed by atoms with Gasteiger partial charge in [0.15, 0.2) is 5.96 Å². The predicted octanol–water partition coefficient (Wildman–Crippen LogP) is -6.75. The highest BCUT2D eigenvalue weighted by Crippen LogP contribution is 2.52. The molecule has 0 aromatic heterocycles. The number of aliphatic imine (C=N–C) groups is 1. The molecule has 36 heteroatoms. The lowest BCUT2D eigenvalue weighted by atomic mass is 9.85. The van der Waals surface area contributed by atoms with Crippen LogP contribution in [-0.2, 0) is 81.5 Å². The number of rotatable bonds is 39. The fraction of sp³-hybridized carbons (Fsp3) is 0.649. The Morgan fingerprint density at radius 3 is 1.53 bits per heavy atom. The first-order valence-corrected chi connectivity index (χ1v) is 30.5. The number of hydrogen-bond donors (Lipinski definition) is 16. The summed E-state index contributed by atoms with van der Waals surface area (Å²) >= 11 is 0. The van der Waals surface area contributed by atoms with Crippen molar-refractivity contribution in [3.63, 3.8) is 0 Å². The zero-order valence-corrected chi connectivity index (χ0v) is 52.4. The normalized spacial score (nSPS) is 19.5. The monoisotopic (exact) mass is 1310 g/mol. The second-order valence-electron chi connectivity index (χ2n) is 23.8. The van der Waals surface area contributed by atoms with Crippen molar-refractivity contribution in [3.8, 4) is 0 Å². The van der Waals surface area contributed by atoms with Crippen molar-refractivity contribution in [1.82, 2.24) is 68.3 Å². The zero-order chi connectivity index (χ0) is 69.4. The Balaban J connectivity index is 1.25. The van der Waals surface area contributed by atoms with E-state index in [2.05, 4.69) is 58.2 Å². The third-order valence-corrected chi connectivity index (χ3v) is 15.5. The second-order valence-corrected chi connectivity index (χ2v) is 23.8. The first-order valence-electron chi connectivity index (χ1n) is 30.5. The second kappa shape index (κ2) is 36.3. The highest BCUT2D eigenvalue weighted by atomic mass is 16.4. The van der Waals surface area contributed by atoms with Gasteiger partial charge in [-0.15, -0.1) is 0 Å². The van der Waals surface area contributed by atoms with E-state index in [9.17, 15) is 91.7 Å². The van der Waals surface area contributed by atoms with Gasteiger partial charge in [0, 0.05) is 25.9 Å². The van der Waals surface area contributed by atoms with Crippen LogP contribution in [0.15, 0.2) is 17.1 Å². The summed E-state index contributed by atoms with van der Waals surface area (Å²) in [7, 11) is 0. The maximum atomic E-state index is 13.7. The summed E-state index contributed by atoms with van der Waals surface area (Å²) in [6.45, 7) is 4.21. The molecule has 0 aromatic rings. The van der Waals surface area contributed by atoms with Crippen molar-refractivity contribution < 1.29 is 96.8 Å². The topological polar surface area (TPSA) is 554 Å². The van der Waals surface area contributed by atoms with Crippen molar-refractivity contribution >= 4 is 107 Å². The number of allylic oxidation sites excluding steroid dienone is 2. The molecule has 0 spiro atoms. The lowest BCUT2D eigenvalue weighted by molar-refractivity contribution is -0.145. The molecule has 5 unspecified atom stereocenters. The molecule has 2 heterocycles. The largest absolute Gasteiger partial charge is 0.481 e. The van der Waals surface area contributed by atoms with Crippen LogP contribution >= 0.6 is 0 Å². The molecule has 11 atom stereocenters. The maximum Gasteiger partial charge on any atom is 0.322 e. The van der Waals surface area contributed by atoms with Crippen molar-refractivity contribution in [2.75, 3.05) is 52.4 Å². The molecule has 14 amide bonds. The van der Waals surface area contributed by atoms with E-state index in [-0.39, 0.29) is 74.8 Å². The van der Waals surface area contributed by atoms with Gasteiger partial charge in [-0.1, -0.05) is 39.8 Å². The Bertz CT molecular complexity index is 2890. The summed E-state index contributed by atoms with van der Waals surface area (Å²) in [4.78, 5) is 225. The van der Waals surface area contributed by atoms with Crippen LogP contribution in [0.5, 0.6) is 0 Å². The van der Waals surface area contributed by atoms with Crippen LogP contribution in [0.3, 0.4) is 0 Å². The van der Waals surface area contributed by atoms with Gasteiger partial charge in [-0.3, -0.25) is 91.4 Å². The number of carboxylic acids is 3. The highest BCUT2D eigenvalue weighted by molar-refractivity contribution is 6.09. The molecular weight excluding hydrogens is 1230 g/mol. The smallest absolute Gasteiger partial charge is 0.322 e. The van der Waals surface area contributed by atoms with Crippen LogP contribution < -0.4 is 70.0 Å². The standard InChI is InChI=1S/C57H86N16O20/c1-27(2)18-35(71-54(91)37-9-7-17-72(37)42(78)24-62-41(77)26-73-55(92)46-30-10-11-31(20-30)47(46)56(73)93)50(87)64-23-40(76)68-36(19-28(3)4)53(90)66-29(5)48(85)63-21-38(74)61-22-39(75)67-34(13-15-44(81)82)52(89)69-32(8-6-16-60-57(58)59)51(88)70-33(12-14-43(79)80)49(86)65-25-45(83)84/h10-11,27-37,46-47H,6-9,12-26H2,1-5H3,(H,61,74)(H,62,77)(H,63,85)(H,64,87)(H,65,86)(H,66,90)(H,67,75)(H,68,76)(H,69,89)(H,70,88)(H,71,91)(H,79,80)(H,81,82)(H,83,84)(H4,58,59,60)/t29-,30?,31?,32-,33-,34-,35-,36-,37?,46?,47?/m1/s1. The summed E-state index contributed by atoms with van der Waals surface area (Å²) in [5.74, 6) is -17.3. The Morgan fingerprint density at radius 2 is 0.989 bits per heavy atom. The van der Waals surface area contributed by atoms with Crippen molar-refractivity contribution in [2.24, 2.45) is 52.0 Å². The fourth-order valence-electron chi connectivity index (χ4n) is 11.0. The molecule has 0 radical (unpaired) electrons. The molecule has 36 nitrogen and oxygen atoms in total. The predicted molar refractivity (Wildman–Crippen MR) is 322 cm³/mol. The number of guanidine groups is 1. The van der Waals surface area contributed by atoms with Crippen LogP contribution in [0.25, 0.3) is 0 Å². The Kier molecular flexibility index (Phi) is 29.5. The van der Waals surface area contributed by atoms with Gasteiger partial charge in [-0.05, 0) is 88.4 Å². The number of carbonyl (C=O) groups is 17. The molecule has 1 saturated carbocycles. The summed E-state index contributed by atoms with van der Waals surface area (Å²) in [6, 6.07) is -9.62. The summed E-state index contributed by atoms with van der Waals surface area (Å²) in [6.07, 6.45) is 2.76. The number of carboxylic acid groups (broad SMARTS) is 3. The molecule has 0 aromatic carbocycles. The minimum absolute atomic E-state index is 0.00907. The van der Waals surface area contributed by atoms with Crippen molar-refractivity contribution in [3.05, 3.63) is 12.2 Å². The van der Waals surface area contributed by atoms with E-state index in [1.807, 2.05) is 17.5 Å². The quantitative estimate of drug-likeness (QED) is 0.00894. The summed E-state index contributed by atoms with van der Waals surface area (Å²) in [5.41, 5.74) is 10.7. The minimum atomic E-state index is -1.67. The van der Waals surface area contributed by atoms with Gasteiger partial charge < -0.3 is 90.2 Å². The number of carbonyl (C=O) groups excluding carboxylic acids is 14. The van der Waals surface area contributed by atoms with Gasteiger partial charge in [0.2, 0.25) is 82.7 Å². The summed E-state index contributed by atoms with van der Waals surface area (Å²) < 4.78 is 0. The van der Waals surface area contributed by atoms with Crippen LogP contribution in [0.2, 0.25) is 0 Å². The zero-order valence-electron chi connectivity index (χ0n) is 52.4. The Morgan fingerprint density at radius 1 is 0.527 bits per heavy atom. The van der Waals surface area contributed by atoms with E-state index in [0.717, 1.165) is 11.3 Å². The van der Waals surface area contributed by atoms with Gasteiger partial charge in [0.25, 0.3) is 0 Å². The number of amides is 14. The Hall–Kier alpha value is -9.80. The minimum Gasteiger partial charge on any atom is -0.481 e. The molecule has 2 aliphatic carbocycles. The lowest BCUT2D eigenvalue weighted by Gasteiger charge is -2.27. The number of aliphatic carboxylic acids is 3. The molecular formula is C57H86N16O20. The average Bonchev–Trinajstić information content (AvgIpc) is 1.58. The number of nitrogens with zero attached hydrogens (tertiary/aromatic N) is 3. The molecule has 2 aliphatic heterocycles. The summed E-state index contributed by atoms with van der Waals surface area (Å²) in [5, 5.41) is 53.4. The van der Waals surface area contributed by atoms with Crippen LogP contribution in [-0.4, -0.2) is 226 Å². The molecule has 2 bridgehead atoms. The first-order chi connectivity index (χ1) is 43.8. The Labute approximate surface area is 534 Å². The third-order valence-electron chi connectivity index (χ3n) is 15.5. The number of hydrogen-bond acceptors (Lipinski definition) is 18. The van der Waals surface area contributed by atoms with Crippen LogP contribution in [0.1, 0.15) is 105 Å². The van der Waals surface area contributed by atoms with Crippen molar-refractivity contribution in [2.45, 2.75) is 148 Å². The molecule has 4 aliphatic rings. The number of fused-ring (bicyclic) bond motifs is 5. The number of nitrogens with one attached hydrogen (secondary N) is 11. The fourth-order valence-corrected chi connectivity index (χ4v) is 11.0. The van der Waals surface area contributed by atoms with Gasteiger partial charge in [-0.25, -0.2) is 0 Å². The van der Waals surface area contributed by atoms with E-state index in [1.54, 1.807) is 27.7 Å². The molecule has 2 saturated heterocycles. The van der Waals surface area contributed by atoms with Gasteiger partial charge >= 0.3 is 17.9 Å². The number of likely N-dealkylation sites (tertiary alicyclic amines) is 2. The average molecular weight is 1320 g/mol. The van der Waals surface area contributed by atoms with Crippen LogP contribution in [0, 0.1) is 35.5 Å². The lowest BCUT2D eigenvalue weighted by Crippen LogP contribution is -2.57. The number of imide groups is 1. The molecule has 93 heavy (non-hydrogen) atoms. The molecule has 4 rings (SSSR count). The maximum absolute atomic E-state index is 13.7. The van der Waals surface area contributed by atoms with Gasteiger partial charge in [0.1, 0.15) is 55.4 Å². The van der Waals surface area contributed by atoms with E-state index in [0.29, 0.717) is 6.42 Å². The molecule has 18 N–H and O–H groups in total. The SMILES string of the molecule is CC(C)C[C@@H](NC(=O)CNC(=O)[C@@H](CC(C)C)NC(=O)C1CCCN1C(=O)CNC(=O)CN1C(=O)C2C3C=CC(C3)C2C1=O)C(=O)N[C@H](C)C(=O)NCC(=O)NCC(=O)N[C@H](CCC(=O)O)C(=O)N[C@H](CCCN=C(N)N)C(=O)N[C@H](CCC(=O)O)C(=O)NCC(=O)O. The number of nitrogens with two attached hydrogens (primary N) is 2. The molecule has 514 valence electrons. The van der Waals surface area contributed by atoms with E-state index < -0.39 is 220 Å². The molecule has 3 fully saturated rings. The van der Waals surface area contributed by atoms with E-state index >= 15 is 0 Å². The first kappa shape index (κ1) is 75.7. The van der Waals surface area contributed by atoms with Crippen LogP contribution in [0.4, 0.5) is 0 Å². The van der Waals surface area contributed by atoms with Gasteiger partial charge in [-0.2, -0.15) is 0 Å². The highest BCUT2D eigenvalue weighted by Gasteiger charge is 2.59. The van der Waals surface area contributed by atoms with E-state index in [1.165, 1.54) is 11.8 Å². The van der Waals surface area contributed by atoms with Crippen molar-refractivity contribution in [1.29, 1.82) is 0 Å². The van der Waals surface area contributed by atoms with E-state index in [4.69, 9.17) is 16.6 Å². The van der Waals surface area contributed by atoms with Gasteiger partial charge in [0.05, 0.1) is 38.0 Å².